The molecule has 0 saturated carbocycles. The van der Waals surface area contributed by atoms with E-state index in [1.54, 1.807) is 13.0 Å². The van der Waals surface area contributed by atoms with Gasteiger partial charge in [0.25, 0.3) is 11.6 Å². The third-order valence-electron chi connectivity index (χ3n) is 4.62. The molecular formula is C20H22N4O5. The monoisotopic (exact) mass is 398 g/mol. The van der Waals surface area contributed by atoms with Crippen molar-refractivity contribution >= 4 is 11.7 Å². The summed E-state index contributed by atoms with van der Waals surface area (Å²) in [4.78, 5) is 22.9. The van der Waals surface area contributed by atoms with Crippen LogP contribution < -0.4 is 0 Å². The fourth-order valence-corrected chi connectivity index (χ4v) is 3.29. The molecule has 0 bridgehead atoms. The number of carbonyl (C=O) groups excluding carboxylic acids is 1. The fourth-order valence-electron chi connectivity index (χ4n) is 3.29. The van der Waals surface area contributed by atoms with E-state index in [1.165, 1.54) is 24.3 Å². The van der Waals surface area contributed by atoms with E-state index in [-0.39, 0.29) is 23.5 Å². The van der Waals surface area contributed by atoms with E-state index in [9.17, 15) is 14.9 Å². The molecule has 0 aliphatic heterocycles. The lowest BCUT2D eigenvalue weighted by Gasteiger charge is -2.14. The quantitative estimate of drug-likeness (QED) is 0.340. The smallest absolute Gasteiger partial charge is 0.340 e. The first-order valence-corrected chi connectivity index (χ1v) is 9.16. The molecule has 0 aliphatic carbocycles. The SMILES string of the molecule is Cc1cc(C(=O)O[C@@H](C)c2nnc(-c3ccc([N+](=O)[O-])cc3)o2)c(C)n1C(C)C. The number of carbonyl (C=O) groups is 1. The van der Waals surface area contributed by atoms with Gasteiger partial charge in [-0.25, -0.2) is 4.79 Å². The van der Waals surface area contributed by atoms with Crippen molar-refractivity contribution in [1.82, 2.24) is 14.8 Å². The van der Waals surface area contributed by atoms with Crippen molar-refractivity contribution in [2.45, 2.75) is 46.8 Å². The molecule has 0 radical (unpaired) electrons. The van der Waals surface area contributed by atoms with Crippen LogP contribution in [0.25, 0.3) is 11.5 Å². The molecular weight excluding hydrogens is 376 g/mol. The lowest BCUT2D eigenvalue weighted by atomic mass is 10.2. The van der Waals surface area contributed by atoms with Crippen LogP contribution in [0.1, 0.15) is 60.6 Å². The van der Waals surface area contributed by atoms with E-state index in [0.717, 1.165) is 11.4 Å². The minimum atomic E-state index is -0.746. The molecule has 0 amide bonds. The number of nitro benzene ring substituents is 1. The Labute approximate surface area is 167 Å². The molecule has 29 heavy (non-hydrogen) atoms. The third-order valence-corrected chi connectivity index (χ3v) is 4.62. The molecule has 9 nitrogen and oxygen atoms in total. The zero-order chi connectivity index (χ0) is 21.3. The predicted octanol–water partition coefficient (Wildman–Crippen LogP) is 4.56. The van der Waals surface area contributed by atoms with Crippen molar-refractivity contribution in [2.75, 3.05) is 0 Å². The predicted molar refractivity (Wildman–Crippen MR) is 105 cm³/mol. The summed E-state index contributed by atoms with van der Waals surface area (Å²) in [6.07, 6.45) is -0.746. The molecule has 1 atom stereocenters. The average Bonchev–Trinajstić information content (AvgIpc) is 3.26. The Morgan fingerprint density at radius 1 is 1.17 bits per heavy atom. The number of nitrogens with zero attached hydrogens (tertiary/aromatic N) is 4. The van der Waals surface area contributed by atoms with Gasteiger partial charge in [0.1, 0.15) is 0 Å². The number of hydrogen-bond acceptors (Lipinski definition) is 7. The van der Waals surface area contributed by atoms with E-state index in [0.29, 0.717) is 11.1 Å². The Morgan fingerprint density at radius 3 is 2.38 bits per heavy atom. The minimum absolute atomic E-state index is 0.0326. The van der Waals surface area contributed by atoms with Gasteiger partial charge in [-0.3, -0.25) is 10.1 Å². The summed E-state index contributed by atoms with van der Waals surface area (Å²) < 4.78 is 13.2. The molecule has 1 aromatic carbocycles. The number of esters is 1. The van der Waals surface area contributed by atoms with E-state index in [2.05, 4.69) is 28.6 Å². The first-order valence-electron chi connectivity index (χ1n) is 9.16. The van der Waals surface area contributed by atoms with Crippen LogP contribution in [0.2, 0.25) is 0 Å². The summed E-state index contributed by atoms with van der Waals surface area (Å²) >= 11 is 0. The molecule has 0 spiro atoms. The third kappa shape index (κ3) is 4.03. The number of benzene rings is 1. The minimum Gasteiger partial charge on any atom is -0.449 e. The summed E-state index contributed by atoms with van der Waals surface area (Å²) in [7, 11) is 0. The number of non-ortho nitro benzene ring substituents is 1. The zero-order valence-corrected chi connectivity index (χ0v) is 16.9. The van der Waals surface area contributed by atoms with Crippen LogP contribution >= 0.6 is 0 Å². The summed E-state index contributed by atoms with van der Waals surface area (Å²) in [6, 6.07) is 7.79. The second-order valence-corrected chi connectivity index (χ2v) is 7.05. The molecule has 0 fully saturated rings. The Kier molecular flexibility index (Phi) is 5.49. The van der Waals surface area contributed by atoms with Gasteiger partial charge < -0.3 is 13.7 Å². The number of ether oxygens (including phenoxy) is 1. The van der Waals surface area contributed by atoms with Crippen LogP contribution in [-0.2, 0) is 4.74 Å². The van der Waals surface area contributed by atoms with Gasteiger partial charge in [0.15, 0.2) is 6.10 Å². The first kappa shape index (κ1) is 20.2. The van der Waals surface area contributed by atoms with Crippen molar-refractivity contribution in [2.24, 2.45) is 0 Å². The summed E-state index contributed by atoms with van der Waals surface area (Å²) in [6.45, 7) is 9.58. The van der Waals surface area contributed by atoms with Crippen LogP contribution in [0.5, 0.6) is 0 Å². The Morgan fingerprint density at radius 2 is 1.83 bits per heavy atom. The highest BCUT2D eigenvalue weighted by Crippen LogP contribution is 2.26. The zero-order valence-electron chi connectivity index (χ0n) is 16.9. The van der Waals surface area contributed by atoms with Gasteiger partial charge in [0.2, 0.25) is 5.89 Å². The second-order valence-electron chi connectivity index (χ2n) is 7.05. The number of hydrogen-bond donors (Lipinski definition) is 0. The van der Waals surface area contributed by atoms with Gasteiger partial charge in [-0.1, -0.05) is 0 Å². The summed E-state index contributed by atoms with van der Waals surface area (Å²) in [5.41, 5.74) is 2.82. The highest BCUT2D eigenvalue weighted by molar-refractivity contribution is 5.91. The largest absolute Gasteiger partial charge is 0.449 e. The molecule has 152 valence electrons. The standard InChI is InChI=1S/C20H22N4O5/c1-11(2)23-12(3)10-17(13(23)4)20(25)28-14(5)18-21-22-19(29-18)15-6-8-16(9-7-15)24(26)27/h6-11,14H,1-5H3/t14-/m0/s1. The topological polar surface area (TPSA) is 113 Å². The number of aryl methyl sites for hydroxylation is 1. The molecule has 0 aliphatic rings. The van der Waals surface area contributed by atoms with Crippen LogP contribution in [0, 0.1) is 24.0 Å². The van der Waals surface area contributed by atoms with Crippen molar-refractivity contribution in [3.05, 3.63) is 63.3 Å². The molecule has 2 aromatic heterocycles. The fraction of sp³-hybridized carbons (Fsp3) is 0.350. The van der Waals surface area contributed by atoms with Crippen LogP contribution in [0.15, 0.2) is 34.7 Å². The molecule has 0 saturated heterocycles. The Hall–Kier alpha value is -3.49. The second kappa shape index (κ2) is 7.86. The van der Waals surface area contributed by atoms with Crippen molar-refractivity contribution in [3.8, 4) is 11.5 Å². The van der Waals surface area contributed by atoms with Gasteiger partial charge in [-0.15, -0.1) is 10.2 Å². The first-order chi connectivity index (χ1) is 13.7. The summed E-state index contributed by atoms with van der Waals surface area (Å²) in [5.74, 6) is -0.132. The van der Waals surface area contributed by atoms with Crippen molar-refractivity contribution in [1.29, 1.82) is 0 Å². The maximum Gasteiger partial charge on any atom is 0.340 e. The summed E-state index contributed by atoms with van der Waals surface area (Å²) in [5, 5.41) is 18.6. The molecule has 0 unspecified atom stereocenters. The van der Waals surface area contributed by atoms with Crippen molar-refractivity contribution < 1.29 is 18.9 Å². The molecule has 0 N–H and O–H groups in total. The van der Waals surface area contributed by atoms with E-state index in [4.69, 9.17) is 9.15 Å². The Bertz CT molecular complexity index is 1050. The van der Waals surface area contributed by atoms with Crippen LogP contribution in [0.4, 0.5) is 5.69 Å². The Balaban J connectivity index is 1.75. The van der Waals surface area contributed by atoms with E-state index in [1.807, 2.05) is 13.8 Å². The van der Waals surface area contributed by atoms with Gasteiger partial charge >= 0.3 is 5.97 Å². The molecule has 2 heterocycles. The lowest BCUT2D eigenvalue weighted by Crippen LogP contribution is -2.11. The number of rotatable bonds is 6. The highest BCUT2D eigenvalue weighted by Gasteiger charge is 2.23. The van der Waals surface area contributed by atoms with Crippen LogP contribution in [0.3, 0.4) is 0 Å². The average molecular weight is 398 g/mol. The maximum atomic E-state index is 12.6. The molecule has 3 aromatic rings. The van der Waals surface area contributed by atoms with E-state index >= 15 is 0 Å². The van der Waals surface area contributed by atoms with Gasteiger partial charge in [-0.2, -0.15) is 0 Å². The highest BCUT2D eigenvalue weighted by atomic mass is 16.6. The number of aromatic nitrogens is 3. The van der Waals surface area contributed by atoms with Gasteiger partial charge in [0.05, 0.1) is 10.5 Å². The maximum absolute atomic E-state index is 12.6. The molecule has 9 heteroatoms. The molecule has 3 rings (SSSR count). The normalized spacial score (nSPS) is 12.2. The lowest BCUT2D eigenvalue weighted by molar-refractivity contribution is -0.384. The van der Waals surface area contributed by atoms with Crippen molar-refractivity contribution in [3.63, 3.8) is 0 Å². The van der Waals surface area contributed by atoms with E-state index < -0.39 is 17.0 Å². The van der Waals surface area contributed by atoms with Crippen LogP contribution in [-0.4, -0.2) is 25.7 Å². The van der Waals surface area contributed by atoms with Gasteiger partial charge in [0, 0.05) is 35.1 Å². The van der Waals surface area contributed by atoms with Gasteiger partial charge in [-0.05, 0) is 52.8 Å². The number of nitro groups is 1.